The highest BCUT2D eigenvalue weighted by Crippen LogP contribution is 1.93. The lowest BCUT2D eigenvalue weighted by Gasteiger charge is -1.97. The number of aromatic nitrogens is 3. The standard InChI is InChI=1S/C4H5N4O2S/c1-11(9,10)8-4-6-2-5-3-7-4/h2H,1H3,(H,5,6,7,8). The van der Waals surface area contributed by atoms with Crippen LogP contribution >= 0.6 is 0 Å². The van der Waals surface area contributed by atoms with Crippen LogP contribution in [0.4, 0.5) is 5.95 Å². The molecule has 7 heteroatoms. The van der Waals surface area contributed by atoms with E-state index in [1.807, 2.05) is 0 Å². The minimum Gasteiger partial charge on any atom is -0.251 e. The first-order valence-electron chi connectivity index (χ1n) is 2.61. The third-order valence-electron chi connectivity index (χ3n) is 0.728. The third-order valence-corrected chi connectivity index (χ3v) is 1.28. The molecule has 59 valence electrons. The number of sulfonamides is 1. The average Bonchev–Trinajstić information content (AvgIpc) is 1.85. The minimum absolute atomic E-state index is 0.0255. The molecular formula is C4H5N4O2S. The van der Waals surface area contributed by atoms with Crippen LogP contribution in [0.15, 0.2) is 6.33 Å². The molecule has 6 nitrogen and oxygen atoms in total. The van der Waals surface area contributed by atoms with Gasteiger partial charge in [-0.2, -0.15) is 4.98 Å². The van der Waals surface area contributed by atoms with Gasteiger partial charge in [-0.1, -0.05) is 0 Å². The molecule has 1 N–H and O–H groups in total. The molecule has 1 rings (SSSR count). The van der Waals surface area contributed by atoms with Gasteiger partial charge in [-0.3, -0.25) is 4.72 Å². The van der Waals surface area contributed by atoms with Crippen molar-refractivity contribution >= 4 is 16.0 Å². The summed E-state index contributed by atoms with van der Waals surface area (Å²) in [7, 11) is -3.30. The Morgan fingerprint density at radius 1 is 1.64 bits per heavy atom. The lowest BCUT2D eigenvalue weighted by molar-refractivity contribution is 0.606. The van der Waals surface area contributed by atoms with Crippen LogP contribution in [0, 0.1) is 6.33 Å². The molecule has 1 aromatic heterocycles. The zero-order valence-corrected chi connectivity index (χ0v) is 6.46. The van der Waals surface area contributed by atoms with Gasteiger partial charge in [0.15, 0.2) is 0 Å². The van der Waals surface area contributed by atoms with Crippen LogP contribution in [-0.4, -0.2) is 29.6 Å². The van der Waals surface area contributed by atoms with Crippen molar-refractivity contribution in [3.8, 4) is 0 Å². The monoisotopic (exact) mass is 173 g/mol. The second kappa shape index (κ2) is 2.79. The van der Waals surface area contributed by atoms with Crippen molar-refractivity contribution < 1.29 is 8.42 Å². The maximum Gasteiger partial charge on any atom is 0.240 e. The van der Waals surface area contributed by atoms with Gasteiger partial charge in [-0.15, -0.1) is 0 Å². The third kappa shape index (κ3) is 2.89. The van der Waals surface area contributed by atoms with Gasteiger partial charge in [0.2, 0.25) is 22.3 Å². The number of hydrogen-bond donors (Lipinski definition) is 1. The summed E-state index contributed by atoms with van der Waals surface area (Å²) >= 11 is 0. The second-order valence-electron chi connectivity index (χ2n) is 1.78. The Morgan fingerprint density at radius 3 is 2.82 bits per heavy atom. The molecule has 0 aliphatic carbocycles. The summed E-state index contributed by atoms with van der Waals surface area (Å²) in [5.41, 5.74) is 0. The van der Waals surface area contributed by atoms with Crippen molar-refractivity contribution in [2.75, 3.05) is 11.0 Å². The van der Waals surface area contributed by atoms with Crippen LogP contribution in [0.1, 0.15) is 0 Å². The van der Waals surface area contributed by atoms with E-state index in [-0.39, 0.29) is 5.95 Å². The Kier molecular flexibility index (Phi) is 1.99. The summed E-state index contributed by atoms with van der Waals surface area (Å²) < 4.78 is 23.2. The predicted octanol–water partition coefficient (Wildman–Crippen LogP) is -0.957. The number of anilines is 1. The van der Waals surface area contributed by atoms with Gasteiger partial charge in [-0.25, -0.2) is 18.4 Å². The van der Waals surface area contributed by atoms with Gasteiger partial charge in [0.25, 0.3) is 0 Å². The van der Waals surface area contributed by atoms with E-state index in [0.717, 1.165) is 12.6 Å². The first-order chi connectivity index (χ1) is 5.08. The van der Waals surface area contributed by atoms with E-state index in [4.69, 9.17) is 0 Å². The topological polar surface area (TPSA) is 84.8 Å². The average molecular weight is 173 g/mol. The van der Waals surface area contributed by atoms with Gasteiger partial charge >= 0.3 is 0 Å². The molecule has 0 fully saturated rings. The molecule has 0 amide bonds. The maximum absolute atomic E-state index is 10.6. The lowest BCUT2D eigenvalue weighted by Crippen LogP contribution is -2.12. The zero-order valence-electron chi connectivity index (χ0n) is 5.64. The molecule has 11 heavy (non-hydrogen) atoms. The Hall–Kier alpha value is -1.24. The molecular weight excluding hydrogens is 168 g/mol. The molecule has 0 aliphatic heterocycles. The van der Waals surface area contributed by atoms with Crippen molar-refractivity contribution in [3.63, 3.8) is 0 Å². The molecule has 1 heterocycles. The summed E-state index contributed by atoms with van der Waals surface area (Å²) in [5.74, 6) is -0.0255. The normalized spacial score (nSPS) is 11.0. The van der Waals surface area contributed by atoms with Crippen LogP contribution in [0.2, 0.25) is 0 Å². The molecule has 1 aromatic rings. The van der Waals surface area contributed by atoms with E-state index in [2.05, 4.69) is 26.0 Å². The van der Waals surface area contributed by atoms with E-state index < -0.39 is 10.0 Å². The van der Waals surface area contributed by atoms with Crippen molar-refractivity contribution in [2.24, 2.45) is 0 Å². The SMILES string of the molecule is CS(=O)(=O)Nc1n[c]ncn1. The Morgan fingerprint density at radius 2 is 2.36 bits per heavy atom. The van der Waals surface area contributed by atoms with Crippen LogP contribution in [0.25, 0.3) is 0 Å². The molecule has 0 spiro atoms. The summed E-state index contributed by atoms with van der Waals surface area (Å²) in [6, 6.07) is 0. The molecule has 0 atom stereocenters. The van der Waals surface area contributed by atoms with Gasteiger partial charge in [0.1, 0.15) is 6.33 Å². The molecule has 1 radical (unpaired) electrons. The fourth-order valence-corrected chi connectivity index (χ4v) is 0.859. The van der Waals surface area contributed by atoms with Crippen LogP contribution in [0.5, 0.6) is 0 Å². The van der Waals surface area contributed by atoms with Gasteiger partial charge < -0.3 is 0 Å². The van der Waals surface area contributed by atoms with E-state index in [9.17, 15) is 8.42 Å². The number of nitrogens with zero attached hydrogens (tertiary/aromatic N) is 3. The fourth-order valence-electron chi connectivity index (χ4n) is 0.429. The molecule has 0 aliphatic rings. The second-order valence-corrected chi connectivity index (χ2v) is 3.53. The van der Waals surface area contributed by atoms with E-state index >= 15 is 0 Å². The van der Waals surface area contributed by atoms with Crippen LogP contribution < -0.4 is 4.72 Å². The minimum atomic E-state index is -3.30. The first kappa shape index (κ1) is 7.86. The summed E-state index contributed by atoms with van der Waals surface area (Å²) in [4.78, 5) is 10.3. The summed E-state index contributed by atoms with van der Waals surface area (Å²) in [5, 5.41) is 0. The highest BCUT2D eigenvalue weighted by molar-refractivity contribution is 7.91. The van der Waals surface area contributed by atoms with Gasteiger partial charge in [-0.05, 0) is 0 Å². The van der Waals surface area contributed by atoms with Crippen molar-refractivity contribution in [1.82, 2.24) is 15.0 Å². The van der Waals surface area contributed by atoms with Crippen molar-refractivity contribution in [2.45, 2.75) is 0 Å². The van der Waals surface area contributed by atoms with Crippen LogP contribution in [-0.2, 0) is 10.0 Å². The number of nitrogens with one attached hydrogen (secondary N) is 1. The smallest absolute Gasteiger partial charge is 0.240 e. The van der Waals surface area contributed by atoms with E-state index in [1.54, 1.807) is 0 Å². The first-order valence-corrected chi connectivity index (χ1v) is 4.50. The van der Waals surface area contributed by atoms with E-state index in [1.165, 1.54) is 0 Å². The Labute approximate surface area is 63.8 Å². The highest BCUT2D eigenvalue weighted by atomic mass is 32.2. The summed E-state index contributed by atoms with van der Waals surface area (Å²) in [6.45, 7) is 0. The van der Waals surface area contributed by atoms with Gasteiger partial charge in [0.05, 0.1) is 6.26 Å². The maximum atomic E-state index is 10.6. The Bertz CT molecular complexity index is 321. The molecule has 0 saturated carbocycles. The molecule has 0 aromatic carbocycles. The molecule has 0 saturated heterocycles. The Balaban J connectivity index is 2.82. The zero-order chi connectivity index (χ0) is 8.32. The fraction of sp³-hybridized carbons (Fsp3) is 0.250. The van der Waals surface area contributed by atoms with Gasteiger partial charge in [0, 0.05) is 0 Å². The van der Waals surface area contributed by atoms with Crippen LogP contribution in [0.3, 0.4) is 0 Å². The molecule has 0 unspecified atom stereocenters. The lowest BCUT2D eigenvalue weighted by atomic mass is 11.0. The number of hydrogen-bond acceptors (Lipinski definition) is 5. The summed E-state index contributed by atoms with van der Waals surface area (Å²) in [6.07, 6.45) is 4.36. The highest BCUT2D eigenvalue weighted by Gasteiger charge is 2.01. The largest absolute Gasteiger partial charge is 0.251 e. The number of rotatable bonds is 2. The predicted molar refractivity (Wildman–Crippen MR) is 37.1 cm³/mol. The van der Waals surface area contributed by atoms with Crippen molar-refractivity contribution in [1.29, 1.82) is 0 Å². The quantitative estimate of drug-likeness (QED) is 0.622. The van der Waals surface area contributed by atoms with E-state index in [0.29, 0.717) is 0 Å². The van der Waals surface area contributed by atoms with Crippen molar-refractivity contribution in [3.05, 3.63) is 12.7 Å². The molecule has 0 bridgehead atoms.